The molecule has 0 unspecified atom stereocenters. The first-order valence-electron chi connectivity index (χ1n) is 11.8. The van der Waals surface area contributed by atoms with Crippen LogP contribution >= 0.6 is 11.3 Å². The van der Waals surface area contributed by atoms with Crippen molar-refractivity contribution in [2.45, 2.75) is 46.1 Å². The van der Waals surface area contributed by atoms with Crippen LogP contribution in [0.4, 0.5) is 5.13 Å². The van der Waals surface area contributed by atoms with Crippen LogP contribution in [0.2, 0.25) is 0 Å². The van der Waals surface area contributed by atoms with Crippen molar-refractivity contribution in [1.29, 1.82) is 0 Å². The molecule has 176 valence electrons. The van der Waals surface area contributed by atoms with Gasteiger partial charge in [0.25, 0.3) is 0 Å². The Balaban J connectivity index is 1.33. The van der Waals surface area contributed by atoms with Crippen LogP contribution in [-0.4, -0.2) is 42.6 Å². The number of aromatic nitrogens is 1. The molecule has 1 aliphatic heterocycles. The second-order valence-corrected chi connectivity index (χ2v) is 9.78. The summed E-state index contributed by atoms with van der Waals surface area (Å²) in [6.45, 7) is 8.18. The molecule has 0 saturated carbocycles. The molecule has 1 N–H and O–H groups in total. The maximum Gasteiger partial charge on any atom is 0.226 e. The van der Waals surface area contributed by atoms with Gasteiger partial charge in [-0.25, -0.2) is 4.98 Å². The van der Waals surface area contributed by atoms with Crippen LogP contribution in [0.3, 0.4) is 0 Å². The van der Waals surface area contributed by atoms with Gasteiger partial charge in [-0.05, 0) is 80.6 Å². The van der Waals surface area contributed by atoms with E-state index in [-0.39, 0.29) is 5.91 Å². The first-order chi connectivity index (χ1) is 16.0. The fourth-order valence-corrected chi connectivity index (χ4v) is 5.13. The Morgan fingerprint density at radius 1 is 1.15 bits per heavy atom. The van der Waals surface area contributed by atoms with Crippen molar-refractivity contribution in [3.63, 3.8) is 0 Å². The number of aryl methyl sites for hydroxylation is 1. The summed E-state index contributed by atoms with van der Waals surface area (Å²) in [6, 6.07) is 12.2. The van der Waals surface area contributed by atoms with Crippen LogP contribution in [0.15, 0.2) is 36.4 Å². The number of rotatable bonds is 9. The SMILES string of the molecule is CCOc1ccc(CCC(=O)Nc2nc3ccc(CN4CCC(C)CC4)cc3s2)cc1OC. The number of ether oxygens (including phenoxy) is 2. The lowest BCUT2D eigenvalue weighted by Crippen LogP contribution is -2.32. The predicted octanol–water partition coefficient (Wildman–Crippen LogP) is 5.51. The number of carbonyl (C=O) groups is 1. The van der Waals surface area contributed by atoms with Gasteiger partial charge in [-0.2, -0.15) is 0 Å². The minimum atomic E-state index is -0.0374. The molecule has 2 aromatic carbocycles. The van der Waals surface area contributed by atoms with Crippen LogP contribution in [0.1, 0.15) is 44.2 Å². The van der Waals surface area contributed by atoms with E-state index in [0.717, 1.165) is 34.0 Å². The molecular formula is C26H33N3O3S. The molecular weight excluding hydrogens is 434 g/mol. The molecule has 0 spiro atoms. The average molecular weight is 468 g/mol. The zero-order chi connectivity index (χ0) is 23.2. The zero-order valence-corrected chi connectivity index (χ0v) is 20.5. The summed E-state index contributed by atoms with van der Waals surface area (Å²) in [7, 11) is 1.62. The summed E-state index contributed by atoms with van der Waals surface area (Å²) in [5.41, 5.74) is 3.28. The lowest BCUT2D eigenvalue weighted by atomic mass is 9.99. The molecule has 1 saturated heterocycles. The van der Waals surface area contributed by atoms with Gasteiger partial charge in [-0.3, -0.25) is 9.69 Å². The number of hydrogen-bond donors (Lipinski definition) is 1. The Labute approximate surface area is 199 Å². The summed E-state index contributed by atoms with van der Waals surface area (Å²) in [6.07, 6.45) is 3.56. The largest absolute Gasteiger partial charge is 0.493 e. The number of piperidine rings is 1. The van der Waals surface area contributed by atoms with E-state index >= 15 is 0 Å². The number of carbonyl (C=O) groups excluding carboxylic acids is 1. The number of nitrogens with one attached hydrogen (secondary N) is 1. The van der Waals surface area contributed by atoms with E-state index in [0.29, 0.717) is 30.3 Å². The standard InChI is InChI=1S/C26H33N3O3S/c1-4-32-22-9-6-19(15-23(22)31-3)7-10-25(30)28-26-27-21-8-5-20(16-24(21)33-26)17-29-13-11-18(2)12-14-29/h5-6,8-9,15-16,18H,4,7,10-14,17H2,1-3H3,(H,27,28,30). The van der Waals surface area contributed by atoms with Gasteiger partial charge in [0.15, 0.2) is 16.6 Å². The number of thiazole rings is 1. The third-order valence-electron chi connectivity index (χ3n) is 6.15. The molecule has 33 heavy (non-hydrogen) atoms. The summed E-state index contributed by atoms with van der Waals surface area (Å²) in [4.78, 5) is 19.7. The fourth-order valence-electron chi connectivity index (χ4n) is 4.18. The van der Waals surface area contributed by atoms with E-state index in [9.17, 15) is 4.79 Å². The molecule has 2 heterocycles. The molecule has 0 radical (unpaired) electrons. The van der Waals surface area contributed by atoms with Crippen LogP contribution in [0.25, 0.3) is 10.2 Å². The second kappa shape index (κ2) is 11.0. The first-order valence-corrected chi connectivity index (χ1v) is 12.6. The first kappa shape index (κ1) is 23.5. The molecule has 3 aromatic rings. The Morgan fingerprint density at radius 3 is 2.70 bits per heavy atom. The number of methoxy groups -OCH3 is 1. The zero-order valence-electron chi connectivity index (χ0n) is 19.7. The molecule has 7 heteroatoms. The molecule has 1 aromatic heterocycles. The Hall–Kier alpha value is -2.64. The molecule has 4 rings (SSSR count). The highest BCUT2D eigenvalue weighted by Gasteiger charge is 2.16. The maximum atomic E-state index is 12.5. The summed E-state index contributed by atoms with van der Waals surface area (Å²) < 4.78 is 12.1. The normalized spacial score (nSPS) is 15.0. The quantitative estimate of drug-likeness (QED) is 0.450. The Morgan fingerprint density at radius 2 is 1.94 bits per heavy atom. The van der Waals surface area contributed by atoms with Crippen molar-refractivity contribution in [2.75, 3.05) is 32.1 Å². The van der Waals surface area contributed by atoms with E-state index in [1.54, 1.807) is 7.11 Å². The smallest absolute Gasteiger partial charge is 0.226 e. The van der Waals surface area contributed by atoms with Gasteiger partial charge in [0.2, 0.25) is 5.91 Å². The van der Waals surface area contributed by atoms with E-state index in [4.69, 9.17) is 9.47 Å². The monoisotopic (exact) mass is 467 g/mol. The van der Waals surface area contributed by atoms with Crippen molar-refractivity contribution in [1.82, 2.24) is 9.88 Å². The van der Waals surface area contributed by atoms with E-state index < -0.39 is 0 Å². The summed E-state index contributed by atoms with van der Waals surface area (Å²) in [5.74, 6) is 2.21. The number of amides is 1. The minimum absolute atomic E-state index is 0.0374. The topological polar surface area (TPSA) is 63.7 Å². The highest BCUT2D eigenvalue weighted by atomic mass is 32.1. The van der Waals surface area contributed by atoms with Gasteiger partial charge >= 0.3 is 0 Å². The highest BCUT2D eigenvalue weighted by molar-refractivity contribution is 7.22. The number of benzene rings is 2. The number of hydrogen-bond acceptors (Lipinski definition) is 6. The predicted molar refractivity (Wildman–Crippen MR) is 134 cm³/mol. The van der Waals surface area contributed by atoms with Crippen LogP contribution in [-0.2, 0) is 17.8 Å². The van der Waals surface area contributed by atoms with Gasteiger partial charge in [0.05, 0.1) is 23.9 Å². The third kappa shape index (κ3) is 6.24. The number of fused-ring (bicyclic) bond motifs is 1. The average Bonchev–Trinajstić information content (AvgIpc) is 3.21. The van der Waals surface area contributed by atoms with Crippen molar-refractivity contribution in [2.24, 2.45) is 5.92 Å². The van der Waals surface area contributed by atoms with Crippen molar-refractivity contribution in [3.8, 4) is 11.5 Å². The molecule has 1 aliphatic rings. The van der Waals surface area contributed by atoms with Gasteiger partial charge in [0, 0.05) is 13.0 Å². The second-order valence-electron chi connectivity index (χ2n) is 8.75. The van der Waals surface area contributed by atoms with Gasteiger partial charge in [-0.15, -0.1) is 0 Å². The molecule has 0 aliphatic carbocycles. The van der Waals surface area contributed by atoms with E-state index in [2.05, 4.69) is 40.3 Å². The Kier molecular flexibility index (Phi) is 7.83. The minimum Gasteiger partial charge on any atom is -0.493 e. The summed E-state index contributed by atoms with van der Waals surface area (Å²) in [5, 5.41) is 3.63. The highest BCUT2D eigenvalue weighted by Crippen LogP contribution is 2.30. The molecule has 0 bridgehead atoms. The van der Waals surface area contributed by atoms with Crippen LogP contribution < -0.4 is 14.8 Å². The maximum absolute atomic E-state index is 12.5. The Bertz CT molecular complexity index is 1090. The number of likely N-dealkylation sites (tertiary alicyclic amines) is 1. The molecule has 1 fully saturated rings. The van der Waals surface area contributed by atoms with Crippen molar-refractivity contribution in [3.05, 3.63) is 47.5 Å². The van der Waals surface area contributed by atoms with E-state index in [1.165, 1.54) is 42.8 Å². The van der Waals surface area contributed by atoms with Crippen molar-refractivity contribution < 1.29 is 14.3 Å². The lowest BCUT2D eigenvalue weighted by molar-refractivity contribution is -0.116. The van der Waals surface area contributed by atoms with E-state index in [1.807, 2.05) is 25.1 Å². The lowest BCUT2D eigenvalue weighted by Gasteiger charge is -2.30. The van der Waals surface area contributed by atoms with Gasteiger partial charge < -0.3 is 14.8 Å². The van der Waals surface area contributed by atoms with Crippen molar-refractivity contribution >= 4 is 32.6 Å². The summed E-state index contributed by atoms with van der Waals surface area (Å²) >= 11 is 1.54. The molecule has 0 atom stereocenters. The van der Waals surface area contributed by atoms with Crippen LogP contribution in [0.5, 0.6) is 11.5 Å². The molecule has 1 amide bonds. The van der Waals surface area contributed by atoms with Gasteiger partial charge in [-0.1, -0.05) is 30.4 Å². The van der Waals surface area contributed by atoms with Crippen LogP contribution in [0, 0.1) is 5.92 Å². The fraction of sp³-hybridized carbons (Fsp3) is 0.462. The molecule has 6 nitrogen and oxygen atoms in total. The number of nitrogens with zero attached hydrogens (tertiary/aromatic N) is 2. The third-order valence-corrected chi connectivity index (χ3v) is 7.08. The van der Waals surface area contributed by atoms with Gasteiger partial charge in [0.1, 0.15) is 0 Å². The number of anilines is 1.